The monoisotopic (exact) mass is 382 g/mol. The minimum absolute atomic E-state index is 0.0868. The van der Waals surface area contributed by atoms with Crippen molar-refractivity contribution in [2.75, 3.05) is 0 Å². The predicted molar refractivity (Wildman–Crippen MR) is 96.9 cm³/mol. The molecule has 0 aliphatic heterocycles. The molecule has 0 amide bonds. The molecule has 0 bridgehead atoms. The van der Waals surface area contributed by atoms with Gasteiger partial charge in [-0.15, -0.1) is 0 Å². The fourth-order valence-electron chi connectivity index (χ4n) is 2.32. The van der Waals surface area contributed by atoms with E-state index < -0.39 is 9.85 Å². The molecule has 0 spiro atoms. The molecule has 0 unspecified atom stereocenters. The third kappa shape index (κ3) is 4.55. The summed E-state index contributed by atoms with van der Waals surface area (Å²) in [5.74, 6) is -0.510. The molecule has 0 N–H and O–H groups in total. The first kappa shape index (κ1) is 18.7. The molecule has 0 aliphatic carbocycles. The third-order valence-electron chi connectivity index (χ3n) is 3.66. The van der Waals surface area contributed by atoms with Crippen molar-refractivity contribution < 1.29 is 19.3 Å². The van der Waals surface area contributed by atoms with Gasteiger partial charge in [-0.05, 0) is 55.2 Å². The maximum Gasteiger partial charge on any atom is 0.406 e. The van der Waals surface area contributed by atoms with Gasteiger partial charge in [0.1, 0.15) is 25.6 Å². The first-order chi connectivity index (χ1) is 13.5. The summed E-state index contributed by atoms with van der Waals surface area (Å²) in [5.41, 5.74) is 1.57. The molecule has 0 atom stereocenters. The summed E-state index contributed by atoms with van der Waals surface area (Å²) in [6, 6.07) is 13.2. The summed E-state index contributed by atoms with van der Waals surface area (Å²) < 4.78 is 11.0. The Kier molecular flexibility index (Phi) is 5.70. The maximum absolute atomic E-state index is 10.9. The highest BCUT2D eigenvalue weighted by molar-refractivity contribution is 5.39. The van der Waals surface area contributed by atoms with Gasteiger partial charge in [0.05, 0.1) is 0 Å². The molecule has 142 valence electrons. The van der Waals surface area contributed by atoms with Crippen LogP contribution < -0.4 is 9.47 Å². The number of rotatable bonds is 8. The van der Waals surface area contributed by atoms with Crippen LogP contribution in [0.4, 0.5) is 11.6 Å². The maximum atomic E-state index is 10.9. The number of hydrogen-bond acceptors (Lipinski definition) is 8. The first-order valence-corrected chi connectivity index (χ1v) is 8.07. The van der Waals surface area contributed by atoms with Crippen LogP contribution in [0.25, 0.3) is 0 Å². The highest BCUT2D eigenvalue weighted by atomic mass is 16.6. The van der Waals surface area contributed by atoms with E-state index in [0.29, 0.717) is 0 Å². The van der Waals surface area contributed by atoms with E-state index >= 15 is 0 Å². The number of pyridine rings is 2. The number of aromatic nitrogens is 2. The average molecular weight is 382 g/mol. The Morgan fingerprint density at radius 2 is 1.11 bits per heavy atom. The van der Waals surface area contributed by atoms with E-state index in [1.807, 2.05) is 0 Å². The molecule has 0 saturated heterocycles. The van der Waals surface area contributed by atoms with Crippen molar-refractivity contribution in [2.24, 2.45) is 0 Å². The zero-order valence-electron chi connectivity index (χ0n) is 14.4. The topological polar surface area (TPSA) is 131 Å². The summed E-state index contributed by atoms with van der Waals surface area (Å²) in [4.78, 5) is 28.0. The number of ether oxygens (including phenoxy) is 2. The van der Waals surface area contributed by atoms with E-state index in [2.05, 4.69) is 9.97 Å². The smallest absolute Gasteiger partial charge is 0.406 e. The van der Waals surface area contributed by atoms with E-state index in [4.69, 9.17) is 9.47 Å². The average Bonchev–Trinajstić information content (AvgIpc) is 2.71. The molecule has 3 aromatic rings. The van der Waals surface area contributed by atoms with E-state index in [-0.39, 0.29) is 36.3 Å². The van der Waals surface area contributed by atoms with Crippen molar-refractivity contribution in [3.8, 4) is 11.5 Å². The van der Waals surface area contributed by atoms with Gasteiger partial charge in [0, 0.05) is 0 Å². The highest BCUT2D eigenvalue weighted by Crippen LogP contribution is 2.25. The molecular formula is C18H14N4O6. The van der Waals surface area contributed by atoms with Gasteiger partial charge in [-0.1, -0.05) is 24.3 Å². The van der Waals surface area contributed by atoms with Crippen LogP contribution in [0.15, 0.2) is 60.9 Å². The quantitative estimate of drug-likeness (QED) is 0.427. The first-order valence-electron chi connectivity index (χ1n) is 8.07. The fraction of sp³-hybridized carbons (Fsp3) is 0.111. The number of nitrogens with zero attached hydrogens (tertiary/aromatic N) is 4. The van der Waals surface area contributed by atoms with Crippen LogP contribution in [0.2, 0.25) is 0 Å². The van der Waals surface area contributed by atoms with E-state index in [1.54, 1.807) is 36.4 Å². The zero-order valence-corrected chi connectivity index (χ0v) is 14.4. The molecule has 1 aromatic carbocycles. The van der Waals surface area contributed by atoms with Crippen molar-refractivity contribution in [1.82, 2.24) is 9.97 Å². The Hall–Kier alpha value is -4.08. The molecular weight excluding hydrogens is 368 g/mol. The lowest BCUT2D eigenvalue weighted by molar-refractivity contribution is -0.390. The summed E-state index contributed by atoms with van der Waals surface area (Å²) in [6.07, 6.45) is 2.65. The van der Waals surface area contributed by atoms with Crippen LogP contribution in [-0.2, 0) is 13.2 Å². The van der Waals surface area contributed by atoms with Gasteiger partial charge in [-0.2, -0.15) is 0 Å². The SMILES string of the molecule is O=[N+]([O-])c1ncccc1OCc1ccc(COc2cccnc2[N+](=O)[O-])cc1. The Morgan fingerprint density at radius 1 is 0.714 bits per heavy atom. The molecule has 28 heavy (non-hydrogen) atoms. The molecule has 2 heterocycles. The molecule has 0 radical (unpaired) electrons. The van der Waals surface area contributed by atoms with E-state index in [0.717, 1.165) is 11.1 Å². The van der Waals surface area contributed by atoms with Crippen molar-refractivity contribution in [3.05, 3.63) is 92.3 Å². The summed E-state index contributed by atoms with van der Waals surface area (Å²) >= 11 is 0. The van der Waals surface area contributed by atoms with Gasteiger partial charge < -0.3 is 29.7 Å². The molecule has 10 nitrogen and oxygen atoms in total. The van der Waals surface area contributed by atoms with Gasteiger partial charge in [0.15, 0.2) is 0 Å². The Bertz CT molecular complexity index is 913. The predicted octanol–water partition coefficient (Wildman–Crippen LogP) is 3.45. The second-order valence-corrected chi connectivity index (χ2v) is 5.56. The number of nitro groups is 2. The summed E-state index contributed by atoms with van der Waals surface area (Å²) in [6.45, 7) is 0.253. The van der Waals surface area contributed by atoms with Crippen molar-refractivity contribution >= 4 is 11.6 Å². The lowest BCUT2D eigenvalue weighted by Gasteiger charge is -2.08. The minimum Gasteiger partial charge on any atom is -0.481 e. The molecule has 2 aromatic heterocycles. The van der Waals surface area contributed by atoms with Crippen LogP contribution >= 0.6 is 0 Å². The fourth-order valence-corrected chi connectivity index (χ4v) is 2.32. The Labute approximate surface area is 158 Å². The lowest BCUT2D eigenvalue weighted by atomic mass is 10.1. The second kappa shape index (κ2) is 8.54. The van der Waals surface area contributed by atoms with Gasteiger partial charge >= 0.3 is 11.6 Å². The second-order valence-electron chi connectivity index (χ2n) is 5.56. The third-order valence-corrected chi connectivity index (χ3v) is 3.66. The van der Waals surface area contributed by atoms with Crippen LogP contribution in [0.5, 0.6) is 11.5 Å². The Balaban J connectivity index is 1.60. The summed E-state index contributed by atoms with van der Waals surface area (Å²) in [5, 5.41) is 21.9. The molecule has 3 rings (SSSR count). The van der Waals surface area contributed by atoms with Gasteiger partial charge in [0.25, 0.3) is 0 Å². The molecule has 0 aliphatic rings. The largest absolute Gasteiger partial charge is 0.481 e. The standard InChI is InChI=1S/C18H14N4O6/c23-21(24)17-15(3-1-9-19-17)27-11-13-5-7-14(8-6-13)12-28-16-4-2-10-20-18(16)22(25)26/h1-10H,11-12H2. The van der Waals surface area contributed by atoms with Gasteiger partial charge in [0.2, 0.25) is 11.5 Å². The zero-order chi connectivity index (χ0) is 19.9. The highest BCUT2D eigenvalue weighted by Gasteiger charge is 2.16. The van der Waals surface area contributed by atoms with Gasteiger partial charge in [-0.25, -0.2) is 0 Å². The van der Waals surface area contributed by atoms with Crippen LogP contribution in [0.1, 0.15) is 11.1 Å². The molecule has 10 heteroatoms. The van der Waals surface area contributed by atoms with Gasteiger partial charge in [-0.3, -0.25) is 0 Å². The van der Waals surface area contributed by atoms with Crippen LogP contribution in [0.3, 0.4) is 0 Å². The molecule has 0 fully saturated rings. The normalized spacial score (nSPS) is 10.3. The van der Waals surface area contributed by atoms with E-state index in [1.165, 1.54) is 24.5 Å². The van der Waals surface area contributed by atoms with Crippen molar-refractivity contribution in [2.45, 2.75) is 13.2 Å². The van der Waals surface area contributed by atoms with Crippen LogP contribution in [0, 0.1) is 20.2 Å². The minimum atomic E-state index is -0.604. The van der Waals surface area contributed by atoms with Crippen LogP contribution in [-0.4, -0.2) is 19.8 Å². The number of benzene rings is 1. The summed E-state index contributed by atoms with van der Waals surface area (Å²) in [7, 11) is 0. The van der Waals surface area contributed by atoms with E-state index in [9.17, 15) is 20.2 Å². The van der Waals surface area contributed by atoms with Crippen molar-refractivity contribution in [1.29, 1.82) is 0 Å². The molecule has 0 saturated carbocycles. The Morgan fingerprint density at radius 3 is 1.46 bits per heavy atom. The number of hydrogen-bond donors (Lipinski definition) is 0. The van der Waals surface area contributed by atoms with Crippen molar-refractivity contribution in [3.63, 3.8) is 0 Å². The lowest BCUT2D eigenvalue weighted by Crippen LogP contribution is -2.02.